The van der Waals surface area contributed by atoms with Crippen LogP contribution in [0.1, 0.15) is 43.9 Å². The first-order valence-electron chi connectivity index (χ1n) is 8.79. The zero-order valence-corrected chi connectivity index (χ0v) is 15.2. The molecule has 6 nitrogen and oxygen atoms in total. The van der Waals surface area contributed by atoms with Crippen LogP contribution in [0.4, 0.5) is 5.69 Å². The molecular weight excluding hydrogens is 316 g/mol. The summed E-state index contributed by atoms with van der Waals surface area (Å²) >= 11 is 0. The molecule has 0 fully saturated rings. The molecule has 0 aliphatic carbocycles. The number of anilines is 1. The lowest BCUT2D eigenvalue weighted by Gasteiger charge is -2.17. The van der Waals surface area contributed by atoms with Crippen molar-refractivity contribution in [2.75, 3.05) is 11.9 Å². The third kappa shape index (κ3) is 5.60. The van der Waals surface area contributed by atoms with Crippen LogP contribution < -0.4 is 10.6 Å². The summed E-state index contributed by atoms with van der Waals surface area (Å²) in [6.45, 7) is 4.04. The normalized spacial score (nSPS) is 13.3. The molecule has 0 aliphatic heterocycles. The Labute approximate surface area is 149 Å². The minimum absolute atomic E-state index is 0.0299. The Balaban J connectivity index is 1.93. The predicted molar refractivity (Wildman–Crippen MR) is 99.3 cm³/mol. The fourth-order valence-electron chi connectivity index (χ4n) is 2.70. The molecule has 2 aromatic rings. The van der Waals surface area contributed by atoms with Crippen molar-refractivity contribution in [2.45, 2.75) is 45.2 Å². The maximum Gasteiger partial charge on any atom is 0.224 e. The Kier molecular flexibility index (Phi) is 7.01. The summed E-state index contributed by atoms with van der Waals surface area (Å²) < 4.78 is 1.80. The van der Waals surface area contributed by atoms with Gasteiger partial charge < -0.3 is 15.7 Å². The first-order valence-corrected chi connectivity index (χ1v) is 8.79. The average Bonchev–Trinajstić information content (AvgIpc) is 3.05. The minimum atomic E-state index is -0.168. The Morgan fingerprint density at radius 3 is 2.48 bits per heavy atom. The van der Waals surface area contributed by atoms with Crippen molar-refractivity contribution in [3.8, 4) is 0 Å². The van der Waals surface area contributed by atoms with Gasteiger partial charge in [0.05, 0.1) is 31.3 Å². The van der Waals surface area contributed by atoms with Gasteiger partial charge in [0.1, 0.15) is 0 Å². The van der Waals surface area contributed by atoms with E-state index in [4.69, 9.17) is 5.11 Å². The van der Waals surface area contributed by atoms with Gasteiger partial charge in [0, 0.05) is 24.5 Å². The van der Waals surface area contributed by atoms with E-state index in [0.29, 0.717) is 6.42 Å². The second-order valence-corrected chi connectivity index (χ2v) is 6.28. The molecule has 3 N–H and O–H groups in total. The monoisotopic (exact) mass is 344 g/mol. The first-order chi connectivity index (χ1) is 12.0. The molecular formula is C19H28N4O2. The fourth-order valence-corrected chi connectivity index (χ4v) is 2.70. The summed E-state index contributed by atoms with van der Waals surface area (Å²) in [6.07, 6.45) is 5.89. The molecule has 2 unspecified atom stereocenters. The smallest absolute Gasteiger partial charge is 0.224 e. The highest BCUT2D eigenvalue weighted by molar-refractivity contribution is 5.79. The Bertz CT molecular complexity index is 662. The van der Waals surface area contributed by atoms with Crippen LogP contribution in [0.2, 0.25) is 0 Å². The van der Waals surface area contributed by atoms with Crippen molar-refractivity contribution in [2.24, 2.45) is 7.05 Å². The van der Waals surface area contributed by atoms with Crippen molar-refractivity contribution in [1.29, 1.82) is 0 Å². The molecule has 0 radical (unpaired) electrons. The number of aliphatic hydroxyl groups is 1. The van der Waals surface area contributed by atoms with Crippen LogP contribution in [0.25, 0.3) is 0 Å². The highest BCUT2D eigenvalue weighted by Gasteiger charge is 2.12. The van der Waals surface area contributed by atoms with E-state index in [0.717, 1.165) is 29.7 Å². The summed E-state index contributed by atoms with van der Waals surface area (Å²) in [4.78, 5) is 12.0. The second-order valence-electron chi connectivity index (χ2n) is 6.28. The van der Waals surface area contributed by atoms with E-state index >= 15 is 0 Å². The number of aliphatic hydroxyl groups excluding tert-OH is 1. The molecule has 0 bridgehead atoms. The number of rotatable bonds is 9. The molecule has 1 aromatic carbocycles. The lowest BCUT2D eigenvalue weighted by atomic mass is 10.1. The molecule has 0 aliphatic rings. The topological polar surface area (TPSA) is 79.2 Å². The van der Waals surface area contributed by atoms with E-state index in [1.807, 2.05) is 50.6 Å². The van der Waals surface area contributed by atoms with Crippen LogP contribution in [0, 0.1) is 0 Å². The SMILES string of the molecule is CCC(CO)NC(=O)Cc1ccc(NC(CC)c2cnn(C)c2)cc1. The molecule has 2 rings (SSSR count). The van der Waals surface area contributed by atoms with Crippen molar-refractivity contribution < 1.29 is 9.90 Å². The molecule has 0 saturated carbocycles. The van der Waals surface area contributed by atoms with Gasteiger partial charge in [-0.3, -0.25) is 9.48 Å². The maximum atomic E-state index is 12.0. The molecule has 6 heteroatoms. The van der Waals surface area contributed by atoms with Gasteiger partial charge in [-0.2, -0.15) is 5.10 Å². The van der Waals surface area contributed by atoms with Gasteiger partial charge >= 0.3 is 0 Å². The quantitative estimate of drug-likeness (QED) is 0.653. The third-order valence-corrected chi connectivity index (χ3v) is 4.27. The lowest BCUT2D eigenvalue weighted by molar-refractivity contribution is -0.121. The summed E-state index contributed by atoms with van der Waals surface area (Å²) in [6, 6.07) is 7.93. The van der Waals surface area contributed by atoms with Gasteiger partial charge in [-0.05, 0) is 30.5 Å². The fraction of sp³-hybridized carbons (Fsp3) is 0.474. The molecule has 0 spiro atoms. The van der Waals surface area contributed by atoms with Crippen LogP contribution in [0.5, 0.6) is 0 Å². The van der Waals surface area contributed by atoms with Gasteiger partial charge in [0.25, 0.3) is 0 Å². The van der Waals surface area contributed by atoms with Crippen molar-refractivity contribution in [3.05, 3.63) is 47.8 Å². The molecule has 1 heterocycles. The number of aryl methyl sites for hydroxylation is 1. The molecule has 1 amide bonds. The summed E-state index contributed by atoms with van der Waals surface area (Å²) in [5, 5.41) is 19.7. The summed E-state index contributed by atoms with van der Waals surface area (Å²) in [7, 11) is 1.91. The minimum Gasteiger partial charge on any atom is -0.394 e. The zero-order valence-electron chi connectivity index (χ0n) is 15.2. The van der Waals surface area contributed by atoms with Crippen molar-refractivity contribution >= 4 is 11.6 Å². The van der Waals surface area contributed by atoms with Gasteiger partial charge in [-0.15, -0.1) is 0 Å². The maximum absolute atomic E-state index is 12.0. The molecule has 25 heavy (non-hydrogen) atoms. The number of hydrogen-bond acceptors (Lipinski definition) is 4. The Hall–Kier alpha value is -2.34. The van der Waals surface area contributed by atoms with Crippen LogP contribution in [0.3, 0.4) is 0 Å². The van der Waals surface area contributed by atoms with E-state index in [1.165, 1.54) is 0 Å². The first kappa shape index (κ1) is 19.0. The van der Waals surface area contributed by atoms with Gasteiger partial charge in [0.15, 0.2) is 0 Å². The van der Waals surface area contributed by atoms with Gasteiger partial charge in [-0.1, -0.05) is 26.0 Å². The molecule has 136 valence electrons. The average molecular weight is 344 g/mol. The van der Waals surface area contributed by atoms with E-state index in [1.54, 1.807) is 4.68 Å². The van der Waals surface area contributed by atoms with Crippen molar-refractivity contribution in [1.82, 2.24) is 15.1 Å². The largest absolute Gasteiger partial charge is 0.394 e. The number of carbonyl (C=O) groups excluding carboxylic acids is 1. The van der Waals surface area contributed by atoms with Gasteiger partial charge in [0.2, 0.25) is 5.91 Å². The number of carbonyl (C=O) groups is 1. The van der Waals surface area contributed by atoms with E-state index in [-0.39, 0.29) is 24.6 Å². The summed E-state index contributed by atoms with van der Waals surface area (Å²) in [5.74, 6) is -0.0663. The van der Waals surface area contributed by atoms with E-state index in [2.05, 4.69) is 22.7 Å². The van der Waals surface area contributed by atoms with Crippen LogP contribution >= 0.6 is 0 Å². The Morgan fingerprint density at radius 2 is 1.96 bits per heavy atom. The highest BCUT2D eigenvalue weighted by Crippen LogP contribution is 2.22. The number of hydrogen-bond donors (Lipinski definition) is 3. The van der Waals surface area contributed by atoms with Gasteiger partial charge in [-0.25, -0.2) is 0 Å². The lowest BCUT2D eigenvalue weighted by Crippen LogP contribution is -2.37. The number of benzene rings is 1. The number of nitrogens with zero attached hydrogens (tertiary/aromatic N) is 2. The number of aromatic nitrogens is 2. The standard InChI is InChI=1S/C19H28N4O2/c1-4-16(13-24)22-19(25)10-14-6-8-17(9-7-14)21-18(5-2)15-11-20-23(3)12-15/h6-9,11-12,16,18,21,24H,4-5,10,13H2,1-3H3,(H,22,25). The van der Waals surface area contributed by atoms with Crippen LogP contribution in [-0.2, 0) is 18.3 Å². The Morgan fingerprint density at radius 1 is 1.24 bits per heavy atom. The van der Waals surface area contributed by atoms with Crippen LogP contribution in [0.15, 0.2) is 36.7 Å². The highest BCUT2D eigenvalue weighted by atomic mass is 16.3. The van der Waals surface area contributed by atoms with E-state index in [9.17, 15) is 4.79 Å². The second kappa shape index (κ2) is 9.22. The summed E-state index contributed by atoms with van der Waals surface area (Å²) in [5.41, 5.74) is 3.12. The zero-order chi connectivity index (χ0) is 18.2. The molecule has 1 aromatic heterocycles. The number of amides is 1. The molecule has 0 saturated heterocycles. The third-order valence-electron chi connectivity index (χ3n) is 4.27. The van der Waals surface area contributed by atoms with Crippen molar-refractivity contribution in [3.63, 3.8) is 0 Å². The van der Waals surface area contributed by atoms with E-state index < -0.39 is 0 Å². The predicted octanol–water partition coefficient (Wildman–Crippen LogP) is 2.41. The number of nitrogens with one attached hydrogen (secondary N) is 2. The van der Waals surface area contributed by atoms with Crippen LogP contribution in [-0.4, -0.2) is 33.4 Å². The molecule has 2 atom stereocenters.